The fourth-order valence-corrected chi connectivity index (χ4v) is 5.83. The minimum atomic E-state index is -3.83. The van der Waals surface area contributed by atoms with Gasteiger partial charge in [0.2, 0.25) is 10.0 Å². The summed E-state index contributed by atoms with van der Waals surface area (Å²) in [4.78, 5) is 39.2. The Labute approximate surface area is 203 Å². The van der Waals surface area contributed by atoms with E-state index >= 15 is 0 Å². The van der Waals surface area contributed by atoms with E-state index < -0.39 is 40.0 Å². The van der Waals surface area contributed by atoms with Crippen molar-refractivity contribution in [2.24, 2.45) is 5.92 Å². The highest BCUT2D eigenvalue weighted by atomic mass is 35.5. The highest BCUT2D eigenvalue weighted by Gasteiger charge is 2.45. The van der Waals surface area contributed by atoms with Crippen molar-refractivity contribution in [3.05, 3.63) is 33.8 Å². The average molecular weight is 520 g/mol. The number of carboxylic acids is 1. The summed E-state index contributed by atoms with van der Waals surface area (Å²) < 4.78 is 25.7. The van der Waals surface area contributed by atoms with E-state index in [1.165, 1.54) is 18.2 Å². The quantitative estimate of drug-likeness (QED) is 0.570. The average Bonchev–Trinajstić information content (AvgIpc) is 3.21. The third kappa shape index (κ3) is 6.17. The van der Waals surface area contributed by atoms with E-state index in [1.54, 1.807) is 0 Å². The predicted molar refractivity (Wildman–Crippen MR) is 124 cm³/mol. The lowest BCUT2D eigenvalue weighted by Gasteiger charge is -2.33. The third-order valence-electron chi connectivity index (χ3n) is 6.16. The molecule has 1 aromatic rings. The van der Waals surface area contributed by atoms with Crippen molar-refractivity contribution in [3.8, 4) is 0 Å². The van der Waals surface area contributed by atoms with Gasteiger partial charge in [0.15, 0.2) is 6.17 Å². The van der Waals surface area contributed by atoms with E-state index in [0.29, 0.717) is 0 Å². The number of carboxylic acid groups (broad SMARTS) is 1. The molecule has 0 spiro atoms. The molecule has 1 aliphatic carbocycles. The van der Waals surface area contributed by atoms with E-state index in [4.69, 9.17) is 23.2 Å². The second-order valence-electron chi connectivity index (χ2n) is 8.49. The van der Waals surface area contributed by atoms with Crippen molar-refractivity contribution in [2.75, 3.05) is 19.3 Å². The summed E-state index contributed by atoms with van der Waals surface area (Å²) in [5, 5.41) is 12.5. The lowest BCUT2D eigenvalue weighted by Crippen LogP contribution is -2.56. The van der Waals surface area contributed by atoms with Gasteiger partial charge >= 0.3 is 5.97 Å². The molecule has 9 nitrogen and oxygen atoms in total. The molecule has 0 aromatic heterocycles. The molecular formula is C21H27Cl2N3O6S. The number of aliphatic carboxylic acids is 1. The lowest BCUT2D eigenvalue weighted by atomic mass is 9.82. The Balaban J connectivity index is 1.89. The first-order valence-corrected chi connectivity index (χ1v) is 13.3. The van der Waals surface area contributed by atoms with Crippen LogP contribution in [0, 0.1) is 5.92 Å². The van der Waals surface area contributed by atoms with Crippen LogP contribution in [-0.4, -0.2) is 72.1 Å². The van der Waals surface area contributed by atoms with Crippen molar-refractivity contribution in [1.29, 1.82) is 0 Å². The summed E-state index contributed by atoms with van der Waals surface area (Å²) in [6.45, 7) is -0.0612. The Morgan fingerprint density at radius 3 is 2.36 bits per heavy atom. The number of amides is 2. The van der Waals surface area contributed by atoms with Gasteiger partial charge in [-0.2, -0.15) is 4.31 Å². The molecule has 1 aromatic carbocycles. The summed E-state index contributed by atoms with van der Waals surface area (Å²) in [5.41, 5.74) is 0.159. The maximum absolute atomic E-state index is 13.4. The molecule has 2 atom stereocenters. The van der Waals surface area contributed by atoms with E-state index in [-0.39, 0.29) is 41.0 Å². The molecule has 0 bridgehead atoms. The zero-order valence-electron chi connectivity index (χ0n) is 18.2. The first-order valence-electron chi connectivity index (χ1n) is 10.7. The van der Waals surface area contributed by atoms with Crippen LogP contribution in [0.15, 0.2) is 18.2 Å². The molecular weight excluding hydrogens is 493 g/mol. The molecule has 2 fully saturated rings. The van der Waals surface area contributed by atoms with Crippen LogP contribution < -0.4 is 5.32 Å². The Hall–Kier alpha value is -1.88. The third-order valence-corrected chi connectivity index (χ3v) is 8.13. The zero-order chi connectivity index (χ0) is 24.3. The van der Waals surface area contributed by atoms with Crippen molar-refractivity contribution >= 4 is 51.0 Å². The van der Waals surface area contributed by atoms with Crippen molar-refractivity contribution < 1.29 is 27.9 Å². The van der Waals surface area contributed by atoms with Gasteiger partial charge in [0.25, 0.3) is 11.8 Å². The smallest absolute Gasteiger partial charge is 0.305 e. The normalized spacial score (nSPS) is 21.1. The number of carbonyl (C=O) groups is 3. The van der Waals surface area contributed by atoms with E-state index in [0.717, 1.165) is 47.6 Å². The second kappa shape index (κ2) is 10.6. The van der Waals surface area contributed by atoms with Crippen molar-refractivity contribution in [1.82, 2.24) is 14.5 Å². The highest BCUT2D eigenvalue weighted by Crippen LogP contribution is 2.29. The van der Waals surface area contributed by atoms with Gasteiger partial charge < -0.3 is 15.3 Å². The summed E-state index contributed by atoms with van der Waals surface area (Å²) in [7, 11) is -3.83. The van der Waals surface area contributed by atoms with Crippen LogP contribution in [0.5, 0.6) is 0 Å². The molecule has 2 N–H and O–H groups in total. The van der Waals surface area contributed by atoms with Crippen LogP contribution in [0.1, 0.15) is 48.9 Å². The molecule has 1 saturated carbocycles. The second-order valence-corrected chi connectivity index (χ2v) is 11.2. The van der Waals surface area contributed by atoms with Gasteiger partial charge in [-0.3, -0.25) is 14.4 Å². The van der Waals surface area contributed by atoms with Crippen molar-refractivity contribution in [2.45, 2.75) is 50.7 Å². The molecule has 0 radical (unpaired) electrons. The van der Waals surface area contributed by atoms with Crippen molar-refractivity contribution in [3.63, 3.8) is 0 Å². The molecule has 1 heterocycles. The number of halogens is 2. The molecule has 33 heavy (non-hydrogen) atoms. The highest BCUT2D eigenvalue weighted by molar-refractivity contribution is 7.88. The van der Waals surface area contributed by atoms with Gasteiger partial charge in [0, 0.05) is 24.7 Å². The van der Waals surface area contributed by atoms with Crippen LogP contribution in [0.2, 0.25) is 10.0 Å². The number of rotatable bonds is 7. The van der Waals surface area contributed by atoms with Gasteiger partial charge in [-0.05, 0) is 37.0 Å². The number of hydrogen-bond acceptors (Lipinski definition) is 5. The number of nitrogens with one attached hydrogen (secondary N) is 1. The van der Waals surface area contributed by atoms with E-state index in [9.17, 15) is 27.9 Å². The molecule has 3 rings (SSSR count). The predicted octanol–water partition coefficient (Wildman–Crippen LogP) is 2.58. The summed E-state index contributed by atoms with van der Waals surface area (Å²) in [6.07, 6.45) is 3.77. The number of benzene rings is 1. The molecule has 2 aliphatic rings. The molecule has 1 saturated heterocycles. The number of hydrogen-bond donors (Lipinski definition) is 2. The zero-order valence-corrected chi connectivity index (χ0v) is 20.5. The first kappa shape index (κ1) is 25.7. The maximum atomic E-state index is 13.4. The maximum Gasteiger partial charge on any atom is 0.305 e. The van der Waals surface area contributed by atoms with Gasteiger partial charge in [0.05, 0.1) is 22.7 Å². The standard InChI is InChI=1S/C21H27Cl2N3O6S/c1-33(31,32)26-10-9-25(21(30)14-7-8-15(22)16(23)11-14)20(26)19(29)24-17(12-18(27)28)13-5-3-2-4-6-13/h7-8,11,13,17,20H,2-6,9-10,12H2,1H3,(H,24,29)(H,27,28). The Morgan fingerprint density at radius 2 is 1.79 bits per heavy atom. The summed E-state index contributed by atoms with van der Waals surface area (Å²) in [6, 6.07) is 3.60. The fourth-order valence-electron chi connectivity index (χ4n) is 4.55. The first-order chi connectivity index (χ1) is 15.5. The Bertz CT molecular complexity index is 1030. The van der Waals surface area contributed by atoms with Gasteiger partial charge in [-0.25, -0.2) is 8.42 Å². The minimum absolute atomic E-state index is 0.00272. The van der Waals surface area contributed by atoms with E-state index in [1.807, 2.05) is 0 Å². The SMILES string of the molecule is CS(=O)(=O)N1CCN(C(=O)c2ccc(Cl)c(Cl)c2)C1C(=O)NC(CC(=O)O)C1CCCCC1. The van der Waals surface area contributed by atoms with Crippen LogP contribution >= 0.6 is 23.2 Å². The largest absolute Gasteiger partial charge is 0.481 e. The monoisotopic (exact) mass is 519 g/mol. The lowest BCUT2D eigenvalue weighted by molar-refractivity contribution is -0.138. The summed E-state index contributed by atoms with van der Waals surface area (Å²) in [5.74, 6) is -2.37. The molecule has 182 valence electrons. The number of nitrogens with zero attached hydrogens (tertiary/aromatic N) is 2. The Morgan fingerprint density at radius 1 is 1.12 bits per heavy atom. The van der Waals surface area contributed by atoms with Crippen LogP contribution in [0.4, 0.5) is 0 Å². The summed E-state index contributed by atoms with van der Waals surface area (Å²) >= 11 is 11.9. The fraction of sp³-hybridized carbons (Fsp3) is 0.571. The number of carbonyl (C=O) groups excluding carboxylic acids is 2. The van der Waals surface area contributed by atoms with Crippen LogP contribution in [-0.2, 0) is 19.6 Å². The molecule has 2 amide bonds. The van der Waals surface area contributed by atoms with Crippen LogP contribution in [0.3, 0.4) is 0 Å². The van der Waals surface area contributed by atoms with Gasteiger partial charge in [-0.1, -0.05) is 42.5 Å². The van der Waals surface area contributed by atoms with Gasteiger partial charge in [0.1, 0.15) is 0 Å². The topological polar surface area (TPSA) is 124 Å². The van der Waals surface area contributed by atoms with Gasteiger partial charge in [-0.15, -0.1) is 0 Å². The van der Waals surface area contributed by atoms with Crippen LogP contribution in [0.25, 0.3) is 0 Å². The molecule has 12 heteroatoms. The Kier molecular flexibility index (Phi) is 8.26. The number of sulfonamides is 1. The van der Waals surface area contributed by atoms with E-state index in [2.05, 4.69) is 5.32 Å². The minimum Gasteiger partial charge on any atom is -0.481 e. The molecule has 2 unspecified atom stereocenters. The molecule has 1 aliphatic heterocycles.